The third-order valence-electron chi connectivity index (χ3n) is 3.76. The van der Waals surface area contributed by atoms with E-state index in [1.165, 1.54) is 12.5 Å². The molecular weight excluding hydrogens is 282 g/mol. The van der Waals surface area contributed by atoms with E-state index in [9.17, 15) is 13.2 Å². The zero-order valence-electron chi connectivity index (χ0n) is 11.3. The second kappa shape index (κ2) is 5.92. The highest BCUT2D eigenvalue weighted by atomic mass is 32.2. The molecule has 0 aromatic carbocycles. The molecule has 7 nitrogen and oxygen atoms in total. The molecule has 20 heavy (non-hydrogen) atoms. The number of nitrogens with one attached hydrogen (secondary N) is 1. The molecule has 2 N–H and O–H groups in total. The summed E-state index contributed by atoms with van der Waals surface area (Å²) >= 11 is 0. The lowest BCUT2D eigenvalue weighted by atomic mass is 9.97. The van der Waals surface area contributed by atoms with Crippen LogP contribution in [0.15, 0.2) is 17.6 Å². The van der Waals surface area contributed by atoms with Crippen molar-refractivity contribution < 1.29 is 18.3 Å². The fourth-order valence-electron chi connectivity index (χ4n) is 2.55. The van der Waals surface area contributed by atoms with Gasteiger partial charge in [-0.3, -0.25) is 4.79 Å². The fourth-order valence-corrected chi connectivity index (χ4v) is 3.59. The lowest BCUT2D eigenvalue weighted by Gasteiger charge is -2.15. The second-order valence-electron chi connectivity index (χ2n) is 5.03. The van der Waals surface area contributed by atoms with Gasteiger partial charge in [0.25, 0.3) is 10.0 Å². The average molecular weight is 301 g/mol. The summed E-state index contributed by atoms with van der Waals surface area (Å²) in [7, 11) is -3.66. The number of carboxylic acid groups (broad SMARTS) is 1. The minimum atomic E-state index is -3.66. The summed E-state index contributed by atoms with van der Waals surface area (Å²) in [5, 5.41) is 9.05. The molecule has 1 fully saturated rings. The van der Waals surface area contributed by atoms with Crippen LogP contribution in [0.3, 0.4) is 0 Å². The molecule has 0 saturated heterocycles. The van der Waals surface area contributed by atoms with E-state index in [0.717, 1.165) is 12.8 Å². The van der Waals surface area contributed by atoms with Crippen LogP contribution < -0.4 is 4.72 Å². The van der Waals surface area contributed by atoms with E-state index in [-0.39, 0.29) is 17.5 Å². The Kier molecular flexibility index (Phi) is 4.44. The molecule has 1 aliphatic rings. The molecule has 8 heteroatoms. The topological polar surface area (TPSA) is 101 Å². The predicted octanol–water partition coefficient (Wildman–Crippen LogP) is 0.682. The molecule has 0 bridgehead atoms. The van der Waals surface area contributed by atoms with E-state index < -0.39 is 21.9 Å². The monoisotopic (exact) mass is 301 g/mol. The first-order valence-electron chi connectivity index (χ1n) is 6.68. The first-order chi connectivity index (χ1) is 9.44. The van der Waals surface area contributed by atoms with Crippen molar-refractivity contribution in [2.24, 2.45) is 11.8 Å². The maximum Gasteiger partial charge on any atom is 0.306 e. The molecule has 1 heterocycles. The van der Waals surface area contributed by atoms with E-state index in [4.69, 9.17) is 5.11 Å². The maximum atomic E-state index is 12.1. The molecule has 2 rings (SSSR count). The van der Waals surface area contributed by atoms with Crippen LogP contribution in [0.25, 0.3) is 0 Å². The number of rotatable bonds is 6. The van der Waals surface area contributed by atoms with Gasteiger partial charge in [-0.05, 0) is 25.7 Å². The number of aliphatic carboxylic acids is 1. The molecular formula is C12H19N3O4S. The fraction of sp³-hybridized carbons (Fsp3) is 0.667. The van der Waals surface area contributed by atoms with Crippen LogP contribution in [-0.2, 0) is 21.4 Å². The third kappa shape index (κ3) is 3.18. The Balaban J connectivity index is 2.00. The Morgan fingerprint density at radius 2 is 2.30 bits per heavy atom. The molecule has 0 aliphatic heterocycles. The molecule has 2 atom stereocenters. The van der Waals surface area contributed by atoms with Crippen LogP contribution in [0, 0.1) is 11.8 Å². The van der Waals surface area contributed by atoms with Gasteiger partial charge < -0.3 is 9.67 Å². The predicted molar refractivity (Wildman–Crippen MR) is 71.6 cm³/mol. The summed E-state index contributed by atoms with van der Waals surface area (Å²) in [6.45, 7) is 2.69. The van der Waals surface area contributed by atoms with Crippen LogP contribution in [-0.4, -0.2) is 35.6 Å². The van der Waals surface area contributed by atoms with Crippen LogP contribution in [0.4, 0.5) is 0 Å². The standard InChI is InChI=1S/C12H19N3O4S/c1-2-15-7-11(13-8-15)20(18,19)14-6-9-4-3-5-10(9)12(16)17/h7-10,14H,2-6H2,1H3,(H,16,17). The van der Waals surface area contributed by atoms with Crippen LogP contribution in [0.2, 0.25) is 0 Å². The summed E-state index contributed by atoms with van der Waals surface area (Å²) in [4.78, 5) is 14.9. The first-order valence-corrected chi connectivity index (χ1v) is 8.16. The van der Waals surface area contributed by atoms with Gasteiger partial charge in [0.15, 0.2) is 5.03 Å². The maximum absolute atomic E-state index is 12.1. The molecule has 0 radical (unpaired) electrons. The van der Waals surface area contributed by atoms with Crippen molar-refractivity contribution in [3.05, 3.63) is 12.5 Å². The summed E-state index contributed by atoms with van der Waals surface area (Å²) in [6.07, 6.45) is 5.11. The van der Waals surface area contributed by atoms with Crippen molar-refractivity contribution in [3.63, 3.8) is 0 Å². The Morgan fingerprint density at radius 1 is 1.55 bits per heavy atom. The average Bonchev–Trinajstić information content (AvgIpc) is 3.05. The molecule has 2 unspecified atom stereocenters. The van der Waals surface area contributed by atoms with Gasteiger partial charge in [0.1, 0.15) is 0 Å². The molecule has 1 aromatic rings. The minimum Gasteiger partial charge on any atom is -0.481 e. The van der Waals surface area contributed by atoms with Gasteiger partial charge in [-0.15, -0.1) is 0 Å². The molecule has 0 amide bonds. The van der Waals surface area contributed by atoms with Gasteiger partial charge in [-0.2, -0.15) is 0 Å². The van der Waals surface area contributed by atoms with E-state index in [0.29, 0.717) is 13.0 Å². The molecule has 1 saturated carbocycles. The van der Waals surface area contributed by atoms with Crippen molar-refractivity contribution >= 4 is 16.0 Å². The normalized spacial score (nSPS) is 23.1. The van der Waals surface area contributed by atoms with E-state index in [2.05, 4.69) is 9.71 Å². The highest BCUT2D eigenvalue weighted by Gasteiger charge is 2.33. The van der Waals surface area contributed by atoms with Crippen molar-refractivity contribution in [1.29, 1.82) is 0 Å². The molecule has 0 spiro atoms. The zero-order valence-corrected chi connectivity index (χ0v) is 12.1. The van der Waals surface area contributed by atoms with Gasteiger partial charge in [-0.25, -0.2) is 18.1 Å². The van der Waals surface area contributed by atoms with Crippen LogP contribution in [0.5, 0.6) is 0 Å². The summed E-state index contributed by atoms with van der Waals surface area (Å²) < 4.78 is 28.3. The summed E-state index contributed by atoms with van der Waals surface area (Å²) in [5.41, 5.74) is 0. The minimum absolute atomic E-state index is 0.0239. The van der Waals surface area contributed by atoms with Gasteiger partial charge in [0.05, 0.1) is 12.2 Å². The molecule has 112 valence electrons. The smallest absolute Gasteiger partial charge is 0.306 e. The number of carbonyl (C=O) groups is 1. The highest BCUT2D eigenvalue weighted by molar-refractivity contribution is 7.89. The summed E-state index contributed by atoms with van der Waals surface area (Å²) in [5.74, 6) is -1.44. The number of hydrogen-bond acceptors (Lipinski definition) is 4. The van der Waals surface area contributed by atoms with Gasteiger partial charge >= 0.3 is 5.97 Å². The van der Waals surface area contributed by atoms with Gasteiger partial charge in [-0.1, -0.05) is 6.42 Å². The quantitative estimate of drug-likeness (QED) is 0.804. The van der Waals surface area contributed by atoms with E-state index in [1.54, 1.807) is 4.57 Å². The number of imidazole rings is 1. The Hall–Kier alpha value is -1.41. The van der Waals surface area contributed by atoms with Gasteiger partial charge in [0.2, 0.25) is 0 Å². The SMILES string of the molecule is CCn1cnc(S(=O)(=O)NCC2CCCC2C(=O)O)c1. The lowest BCUT2D eigenvalue weighted by Crippen LogP contribution is -2.33. The number of sulfonamides is 1. The van der Waals surface area contributed by atoms with Gasteiger partial charge in [0, 0.05) is 19.3 Å². The van der Waals surface area contributed by atoms with Crippen LogP contribution in [0.1, 0.15) is 26.2 Å². The number of aryl methyl sites for hydroxylation is 1. The van der Waals surface area contributed by atoms with Crippen molar-refractivity contribution in [1.82, 2.24) is 14.3 Å². The molecule has 1 aliphatic carbocycles. The summed E-state index contributed by atoms with van der Waals surface area (Å²) in [6, 6.07) is 0. The van der Waals surface area contributed by atoms with E-state index >= 15 is 0 Å². The van der Waals surface area contributed by atoms with Crippen molar-refractivity contribution in [2.75, 3.05) is 6.54 Å². The Labute approximate surface area is 118 Å². The third-order valence-corrected chi connectivity index (χ3v) is 5.07. The number of hydrogen-bond donors (Lipinski definition) is 2. The Bertz CT molecular complexity index is 581. The molecule has 1 aromatic heterocycles. The van der Waals surface area contributed by atoms with Crippen LogP contribution >= 0.6 is 0 Å². The largest absolute Gasteiger partial charge is 0.481 e. The van der Waals surface area contributed by atoms with E-state index in [1.807, 2.05) is 6.92 Å². The number of carboxylic acids is 1. The number of nitrogens with zero attached hydrogens (tertiary/aromatic N) is 2. The number of aromatic nitrogens is 2. The van der Waals surface area contributed by atoms with Crippen molar-refractivity contribution in [3.8, 4) is 0 Å². The highest BCUT2D eigenvalue weighted by Crippen LogP contribution is 2.31. The first kappa shape index (κ1) is 15.0. The zero-order chi connectivity index (χ0) is 14.8. The Morgan fingerprint density at radius 3 is 2.90 bits per heavy atom. The second-order valence-corrected chi connectivity index (χ2v) is 6.74. The van der Waals surface area contributed by atoms with Crippen molar-refractivity contribution in [2.45, 2.75) is 37.8 Å². The lowest BCUT2D eigenvalue weighted by molar-refractivity contribution is -0.142.